The van der Waals surface area contributed by atoms with E-state index in [0.29, 0.717) is 12.5 Å². The van der Waals surface area contributed by atoms with E-state index < -0.39 is 0 Å². The number of hydrogen-bond donors (Lipinski definition) is 3. The Balaban J connectivity index is 1.99. The van der Waals surface area contributed by atoms with Crippen LogP contribution in [-0.2, 0) is 0 Å². The molecule has 0 aromatic heterocycles. The van der Waals surface area contributed by atoms with E-state index in [1.165, 1.54) is 24.9 Å². The number of likely N-dealkylation sites (tertiary alicyclic amines) is 1. The number of hydrogen-bond acceptors (Lipinski definition) is 4. The zero-order chi connectivity index (χ0) is 15.1. The van der Waals surface area contributed by atoms with E-state index in [2.05, 4.69) is 34.4 Å². The Morgan fingerprint density at radius 1 is 1.48 bits per heavy atom. The van der Waals surface area contributed by atoms with E-state index in [0.717, 1.165) is 13.1 Å². The van der Waals surface area contributed by atoms with E-state index in [4.69, 9.17) is 10.9 Å². The first-order valence-corrected chi connectivity index (χ1v) is 7.73. The van der Waals surface area contributed by atoms with Gasteiger partial charge in [-0.05, 0) is 31.5 Å². The molecule has 0 radical (unpaired) electrons. The lowest BCUT2D eigenvalue weighted by Crippen LogP contribution is -2.40. The maximum atomic E-state index is 8.82. The van der Waals surface area contributed by atoms with E-state index in [9.17, 15) is 0 Å². The molecule has 1 aromatic rings. The van der Waals surface area contributed by atoms with Crippen LogP contribution in [-0.4, -0.2) is 41.6 Å². The van der Waals surface area contributed by atoms with Crippen LogP contribution in [0.5, 0.6) is 0 Å². The largest absolute Gasteiger partial charge is 0.409 e. The third-order valence-electron chi connectivity index (χ3n) is 4.25. The van der Waals surface area contributed by atoms with Gasteiger partial charge in [0.1, 0.15) is 5.84 Å². The van der Waals surface area contributed by atoms with Gasteiger partial charge in [0.25, 0.3) is 0 Å². The number of nitrogens with two attached hydrogens (primary N) is 1. The molecule has 1 fully saturated rings. The number of nitrogens with zero attached hydrogens (tertiary/aromatic N) is 2. The zero-order valence-corrected chi connectivity index (χ0v) is 12.7. The summed E-state index contributed by atoms with van der Waals surface area (Å²) >= 11 is 0. The van der Waals surface area contributed by atoms with Gasteiger partial charge in [-0.3, -0.25) is 4.90 Å². The molecule has 2 unspecified atom stereocenters. The number of oxime groups is 1. The van der Waals surface area contributed by atoms with Crippen LogP contribution in [0.15, 0.2) is 35.5 Å². The third-order valence-corrected chi connectivity index (χ3v) is 4.25. The highest BCUT2D eigenvalue weighted by Gasteiger charge is 2.24. The molecule has 5 nitrogen and oxygen atoms in total. The van der Waals surface area contributed by atoms with Gasteiger partial charge in [-0.1, -0.05) is 42.4 Å². The van der Waals surface area contributed by atoms with Gasteiger partial charge in [0, 0.05) is 25.0 Å². The van der Waals surface area contributed by atoms with Crippen LogP contribution in [0.4, 0.5) is 0 Å². The Hall–Kier alpha value is -1.59. The predicted octanol–water partition coefficient (Wildman–Crippen LogP) is 1.94. The highest BCUT2D eigenvalue weighted by atomic mass is 16.4. The Bertz CT molecular complexity index is 449. The van der Waals surface area contributed by atoms with Gasteiger partial charge in [-0.2, -0.15) is 0 Å². The van der Waals surface area contributed by atoms with Crippen molar-refractivity contribution in [1.29, 1.82) is 0 Å². The number of likely N-dealkylation sites (N-methyl/N-ethyl adjacent to an activating group) is 1. The standard InChI is InChI=1S/C16H26N4O/c1-2-20-10-6-9-14(20)12-18-15(11-16(17)19-21)13-7-4-3-5-8-13/h3-5,7-8,14-15,18,21H,2,6,9-12H2,1H3,(H2,17,19). The van der Waals surface area contributed by atoms with Crippen LogP contribution < -0.4 is 11.1 Å². The summed E-state index contributed by atoms with van der Waals surface area (Å²) in [5.41, 5.74) is 6.87. The quantitative estimate of drug-likeness (QED) is 0.310. The van der Waals surface area contributed by atoms with E-state index in [-0.39, 0.29) is 11.9 Å². The monoisotopic (exact) mass is 290 g/mol. The summed E-state index contributed by atoms with van der Waals surface area (Å²) in [6, 6.07) is 10.9. The van der Waals surface area contributed by atoms with Crippen LogP contribution in [0.2, 0.25) is 0 Å². The molecule has 5 heteroatoms. The molecule has 0 bridgehead atoms. The summed E-state index contributed by atoms with van der Waals surface area (Å²) in [7, 11) is 0. The van der Waals surface area contributed by atoms with Gasteiger partial charge < -0.3 is 16.3 Å². The van der Waals surface area contributed by atoms with Crippen molar-refractivity contribution in [2.45, 2.75) is 38.3 Å². The Labute approximate surface area is 126 Å². The molecule has 2 atom stereocenters. The fourth-order valence-electron chi connectivity index (χ4n) is 3.06. The number of benzene rings is 1. The SMILES string of the molecule is CCN1CCCC1CNC(CC(N)=NO)c1ccccc1. The maximum absolute atomic E-state index is 8.82. The summed E-state index contributed by atoms with van der Waals surface area (Å²) in [6.45, 7) is 5.44. The van der Waals surface area contributed by atoms with Crippen molar-refractivity contribution in [3.05, 3.63) is 35.9 Å². The van der Waals surface area contributed by atoms with Gasteiger partial charge in [0.2, 0.25) is 0 Å². The molecule has 1 heterocycles. The summed E-state index contributed by atoms with van der Waals surface area (Å²) in [5.74, 6) is 0.259. The van der Waals surface area contributed by atoms with Crippen molar-refractivity contribution in [2.75, 3.05) is 19.6 Å². The number of amidine groups is 1. The second-order valence-electron chi connectivity index (χ2n) is 5.59. The van der Waals surface area contributed by atoms with Crippen molar-refractivity contribution in [3.63, 3.8) is 0 Å². The molecular formula is C16H26N4O. The molecule has 1 aliphatic rings. The highest BCUT2D eigenvalue weighted by molar-refractivity contribution is 5.80. The molecule has 0 spiro atoms. The molecule has 116 valence electrons. The average molecular weight is 290 g/mol. The van der Waals surface area contributed by atoms with Crippen LogP contribution in [0.3, 0.4) is 0 Å². The lowest BCUT2D eigenvalue weighted by Gasteiger charge is -2.26. The molecule has 1 aliphatic heterocycles. The predicted molar refractivity (Wildman–Crippen MR) is 85.5 cm³/mol. The van der Waals surface area contributed by atoms with Crippen molar-refractivity contribution in [2.24, 2.45) is 10.9 Å². The van der Waals surface area contributed by atoms with Crippen LogP contribution >= 0.6 is 0 Å². The lowest BCUT2D eigenvalue weighted by atomic mass is 10.0. The van der Waals surface area contributed by atoms with Gasteiger partial charge in [-0.15, -0.1) is 0 Å². The maximum Gasteiger partial charge on any atom is 0.141 e. The van der Waals surface area contributed by atoms with E-state index in [1.54, 1.807) is 0 Å². The van der Waals surface area contributed by atoms with Crippen molar-refractivity contribution >= 4 is 5.84 Å². The Kier molecular flexibility index (Phi) is 6.02. The second kappa shape index (κ2) is 8.00. The highest BCUT2D eigenvalue weighted by Crippen LogP contribution is 2.20. The minimum Gasteiger partial charge on any atom is -0.409 e. The molecule has 4 N–H and O–H groups in total. The summed E-state index contributed by atoms with van der Waals surface area (Å²) < 4.78 is 0. The molecule has 0 amide bonds. The minimum atomic E-state index is 0.0846. The van der Waals surface area contributed by atoms with Gasteiger partial charge in [0.15, 0.2) is 0 Å². The Morgan fingerprint density at radius 3 is 2.90 bits per heavy atom. The minimum absolute atomic E-state index is 0.0846. The first-order chi connectivity index (χ1) is 10.2. The van der Waals surface area contributed by atoms with Crippen molar-refractivity contribution in [3.8, 4) is 0 Å². The summed E-state index contributed by atoms with van der Waals surface area (Å²) in [6.07, 6.45) is 3.03. The zero-order valence-electron chi connectivity index (χ0n) is 12.7. The topological polar surface area (TPSA) is 73.9 Å². The fraction of sp³-hybridized carbons (Fsp3) is 0.562. The molecule has 0 saturated carbocycles. The average Bonchev–Trinajstić information content (AvgIpc) is 2.99. The molecule has 1 aromatic carbocycles. The fourth-order valence-corrected chi connectivity index (χ4v) is 3.06. The second-order valence-corrected chi connectivity index (χ2v) is 5.59. The van der Waals surface area contributed by atoms with Crippen LogP contribution in [0.1, 0.15) is 37.8 Å². The lowest BCUT2D eigenvalue weighted by molar-refractivity contribution is 0.254. The van der Waals surface area contributed by atoms with Crippen LogP contribution in [0.25, 0.3) is 0 Å². The van der Waals surface area contributed by atoms with Gasteiger partial charge >= 0.3 is 0 Å². The van der Waals surface area contributed by atoms with Crippen molar-refractivity contribution < 1.29 is 5.21 Å². The molecule has 1 saturated heterocycles. The first-order valence-electron chi connectivity index (χ1n) is 7.73. The molecular weight excluding hydrogens is 264 g/mol. The number of nitrogens with one attached hydrogen (secondary N) is 1. The summed E-state index contributed by atoms with van der Waals surface area (Å²) in [4.78, 5) is 2.51. The molecule has 0 aliphatic carbocycles. The summed E-state index contributed by atoms with van der Waals surface area (Å²) in [5, 5.41) is 15.5. The third kappa shape index (κ3) is 4.44. The van der Waals surface area contributed by atoms with E-state index in [1.807, 2.05) is 18.2 Å². The van der Waals surface area contributed by atoms with Gasteiger partial charge in [-0.25, -0.2) is 0 Å². The van der Waals surface area contributed by atoms with Gasteiger partial charge in [0.05, 0.1) is 0 Å². The molecule has 21 heavy (non-hydrogen) atoms. The Morgan fingerprint density at radius 2 is 2.24 bits per heavy atom. The normalized spacial score (nSPS) is 21.6. The molecule has 2 rings (SSSR count). The van der Waals surface area contributed by atoms with Crippen molar-refractivity contribution in [1.82, 2.24) is 10.2 Å². The van der Waals surface area contributed by atoms with E-state index >= 15 is 0 Å². The first kappa shape index (κ1) is 15.8. The smallest absolute Gasteiger partial charge is 0.141 e. The van der Waals surface area contributed by atoms with Crippen LogP contribution in [0, 0.1) is 0 Å². The number of rotatable bonds is 7.